The van der Waals surface area contributed by atoms with E-state index in [0.29, 0.717) is 5.69 Å². The molecule has 122 valence electrons. The van der Waals surface area contributed by atoms with E-state index in [0.717, 1.165) is 24.1 Å². The highest BCUT2D eigenvalue weighted by Crippen LogP contribution is 2.15. The lowest BCUT2D eigenvalue weighted by molar-refractivity contribution is -0.119. The normalized spacial score (nSPS) is 9.88. The van der Waals surface area contributed by atoms with Crippen LogP contribution in [0.4, 0.5) is 10.1 Å². The lowest BCUT2D eigenvalue weighted by atomic mass is 10.1. The number of nitriles is 1. The Morgan fingerprint density at radius 3 is 2.67 bits per heavy atom. The molecule has 2 aromatic carbocycles. The first-order valence-corrected chi connectivity index (χ1v) is 7.29. The summed E-state index contributed by atoms with van der Waals surface area (Å²) in [6.45, 7) is 1.43. The second-order valence-electron chi connectivity index (χ2n) is 4.94. The van der Waals surface area contributed by atoms with Crippen molar-refractivity contribution in [2.45, 2.75) is 13.3 Å². The maximum absolute atomic E-state index is 13.7. The highest BCUT2D eigenvalue weighted by atomic mass is 19.1. The molecule has 24 heavy (non-hydrogen) atoms. The van der Waals surface area contributed by atoms with Crippen molar-refractivity contribution in [2.75, 3.05) is 11.9 Å². The SMILES string of the molecule is CCc1ccccc1NC(=O)COC(=O)c1ccc(C#N)cc1F. The van der Waals surface area contributed by atoms with Crippen LogP contribution in [0.25, 0.3) is 0 Å². The molecule has 0 spiro atoms. The van der Waals surface area contributed by atoms with E-state index < -0.39 is 24.3 Å². The molecule has 0 heterocycles. The fourth-order valence-corrected chi connectivity index (χ4v) is 2.10. The Labute approximate surface area is 138 Å². The maximum Gasteiger partial charge on any atom is 0.341 e. The van der Waals surface area contributed by atoms with Gasteiger partial charge in [0.15, 0.2) is 6.61 Å². The van der Waals surface area contributed by atoms with Crippen LogP contribution < -0.4 is 5.32 Å². The Hall–Kier alpha value is -3.20. The highest BCUT2D eigenvalue weighted by Gasteiger charge is 2.15. The van der Waals surface area contributed by atoms with Crippen molar-refractivity contribution in [1.82, 2.24) is 0 Å². The van der Waals surface area contributed by atoms with Crippen LogP contribution >= 0.6 is 0 Å². The minimum absolute atomic E-state index is 0.0953. The predicted molar refractivity (Wildman–Crippen MR) is 85.8 cm³/mol. The summed E-state index contributed by atoms with van der Waals surface area (Å²) in [5.74, 6) is -2.34. The molecule has 0 radical (unpaired) electrons. The molecule has 0 aliphatic rings. The molecule has 1 amide bonds. The number of carbonyl (C=O) groups excluding carboxylic acids is 2. The first kappa shape index (κ1) is 17.2. The van der Waals surface area contributed by atoms with Gasteiger partial charge >= 0.3 is 5.97 Å². The number of rotatable bonds is 5. The Morgan fingerprint density at radius 1 is 1.25 bits per heavy atom. The Bertz CT molecular complexity index is 812. The molecule has 0 aromatic heterocycles. The highest BCUT2D eigenvalue weighted by molar-refractivity contribution is 5.96. The van der Waals surface area contributed by atoms with E-state index in [1.807, 2.05) is 19.1 Å². The zero-order valence-electron chi connectivity index (χ0n) is 13.0. The lowest BCUT2D eigenvalue weighted by Gasteiger charge is -2.10. The quantitative estimate of drug-likeness (QED) is 0.857. The largest absolute Gasteiger partial charge is 0.452 e. The van der Waals surface area contributed by atoms with Crippen LogP contribution in [0.3, 0.4) is 0 Å². The molecule has 0 aliphatic heterocycles. The van der Waals surface area contributed by atoms with Crippen molar-refractivity contribution >= 4 is 17.6 Å². The second kappa shape index (κ2) is 7.88. The number of nitrogens with one attached hydrogen (secondary N) is 1. The van der Waals surface area contributed by atoms with Gasteiger partial charge in [0, 0.05) is 5.69 Å². The molecule has 0 unspecified atom stereocenters. The summed E-state index contributed by atoms with van der Waals surface area (Å²) >= 11 is 0. The van der Waals surface area contributed by atoms with Crippen molar-refractivity contribution in [3.63, 3.8) is 0 Å². The fraction of sp³-hybridized carbons (Fsp3) is 0.167. The fourth-order valence-electron chi connectivity index (χ4n) is 2.10. The minimum Gasteiger partial charge on any atom is -0.452 e. The summed E-state index contributed by atoms with van der Waals surface area (Å²) in [5.41, 5.74) is 1.37. The van der Waals surface area contributed by atoms with Crippen LogP contribution in [0, 0.1) is 17.1 Å². The molecule has 0 saturated heterocycles. The van der Waals surface area contributed by atoms with E-state index in [-0.39, 0.29) is 11.1 Å². The number of benzene rings is 2. The van der Waals surface area contributed by atoms with E-state index in [9.17, 15) is 14.0 Å². The van der Waals surface area contributed by atoms with Gasteiger partial charge in [-0.3, -0.25) is 4.79 Å². The molecule has 1 N–H and O–H groups in total. The molecule has 6 heteroatoms. The van der Waals surface area contributed by atoms with Crippen molar-refractivity contribution in [3.8, 4) is 6.07 Å². The van der Waals surface area contributed by atoms with Crippen molar-refractivity contribution in [1.29, 1.82) is 5.26 Å². The van der Waals surface area contributed by atoms with Crippen LogP contribution in [0.5, 0.6) is 0 Å². The Kier molecular flexibility index (Phi) is 5.63. The van der Waals surface area contributed by atoms with Gasteiger partial charge in [0.25, 0.3) is 5.91 Å². The summed E-state index contributed by atoms with van der Waals surface area (Å²) < 4.78 is 18.5. The number of para-hydroxylation sites is 1. The molecule has 5 nitrogen and oxygen atoms in total. The minimum atomic E-state index is -0.962. The molecular weight excluding hydrogens is 311 g/mol. The van der Waals surface area contributed by atoms with Gasteiger partial charge in [0.1, 0.15) is 5.82 Å². The van der Waals surface area contributed by atoms with E-state index in [1.165, 1.54) is 6.07 Å². The van der Waals surface area contributed by atoms with Gasteiger partial charge in [0.2, 0.25) is 0 Å². The summed E-state index contributed by atoms with van der Waals surface area (Å²) in [5, 5.41) is 11.3. The molecule has 0 aliphatic carbocycles. The van der Waals surface area contributed by atoms with Gasteiger partial charge in [-0.2, -0.15) is 5.26 Å². The zero-order chi connectivity index (χ0) is 17.5. The Morgan fingerprint density at radius 2 is 2.00 bits per heavy atom. The number of carbonyl (C=O) groups is 2. The number of aryl methyl sites for hydroxylation is 1. The third kappa shape index (κ3) is 4.17. The maximum atomic E-state index is 13.7. The first-order valence-electron chi connectivity index (χ1n) is 7.29. The van der Waals surface area contributed by atoms with Crippen molar-refractivity contribution in [2.24, 2.45) is 0 Å². The molecule has 0 saturated carbocycles. The zero-order valence-corrected chi connectivity index (χ0v) is 13.0. The number of hydrogen-bond acceptors (Lipinski definition) is 4. The average Bonchev–Trinajstić information content (AvgIpc) is 2.60. The number of esters is 1. The number of nitrogens with zero attached hydrogens (tertiary/aromatic N) is 1. The standard InChI is InChI=1S/C18H15FN2O3/c1-2-13-5-3-4-6-16(13)21-17(22)11-24-18(23)14-8-7-12(10-20)9-15(14)19/h3-9H,2,11H2,1H3,(H,21,22). The van der Waals surface area contributed by atoms with Crippen molar-refractivity contribution in [3.05, 3.63) is 65.0 Å². The van der Waals surface area contributed by atoms with E-state index in [4.69, 9.17) is 10.00 Å². The molecule has 0 bridgehead atoms. The van der Waals surface area contributed by atoms with Gasteiger partial charge in [-0.1, -0.05) is 25.1 Å². The van der Waals surface area contributed by atoms with Crippen LogP contribution in [0.15, 0.2) is 42.5 Å². The van der Waals surface area contributed by atoms with Crippen LogP contribution in [-0.2, 0) is 16.0 Å². The number of ether oxygens (including phenoxy) is 1. The smallest absolute Gasteiger partial charge is 0.341 e. The molecule has 2 rings (SSSR count). The number of anilines is 1. The predicted octanol–water partition coefficient (Wildman–Crippen LogP) is 3.06. The van der Waals surface area contributed by atoms with E-state index >= 15 is 0 Å². The summed E-state index contributed by atoms with van der Waals surface area (Å²) in [6.07, 6.45) is 0.743. The van der Waals surface area contributed by atoms with Gasteiger partial charge in [-0.15, -0.1) is 0 Å². The van der Waals surface area contributed by atoms with E-state index in [1.54, 1.807) is 18.2 Å². The topological polar surface area (TPSA) is 79.2 Å². The average molecular weight is 326 g/mol. The number of amides is 1. The van der Waals surface area contributed by atoms with E-state index in [2.05, 4.69) is 5.32 Å². The lowest BCUT2D eigenvalue weighted by Crippen LogP contribution is -2.22. The molecule has 0 atom stereocenters. The summed E-state index contributed by atoms with van der Waals surface area (Å²) in [6, 6.07) is 12.4. The van der Waals surface area contributed by atoms with Crippen LogP contribution in [0.1, 0.15) is 28.4 Å². The molecule has 2 aromatic rings. The Balaban J connectivity index is 1.96. The summed E-state index contributed by atoms with van der Waals surface area (Å²) in [4.78, 5) is 23.7. The van der Waals surface area contributed by atoms with Gasteiger partial charge in [-0.05, 0) is 36.2 Å². The van der Waals surface area contributed by atoms with Gasteiger partial charge in [-0.25, -0.2) is 9.18 Å². The van der Waals surface area contributed by atoms with Gasteiger partial charge in [0.05, 0.1) is 17.2 Å². The van der Waals surface area contributed by atoms with Crippen molar-refractivity contribution < 1.29 is 18.7 Å². The number of halogens is 1. The third-order valence-electron chi connectivity index (χ3n) is 3.32. The molecule has 0 fully saturated rings. The third-order valence-corrected chi connectivity index (χ3v) is 3.32. The monoisotopic (exact) mass is 326 g/mol. The van der Waals surface area contributed by atoms with Crippen LogP contribution in [0.2, 0.25) is 0 Å². The second-order valence-corrected chi connectivity index (χ2v) is 4.94. The van der Waals surface area contributed by atoms with Crippen LogP contribution in [-0.4, -0.2) is 18.5 Å². The number of hydrogen-bond donors (Lipinski definition) is 1. The molecular formula is C18H15FN2O3. The summed E-state index contributed by atoms with van der Waals surface area (Å²) in [7, 11) is 0. The first-order chi connectivity index (χ1) is 11.5. The van der Waals surface area contributed by atoms with Gasteiger partial charge < -0.3 is 10.1 Å².